The highest BCUT2D eigenvalue weighted by atomic mass is 19.1. The number of hydrazine groups is 1. The number of hydrogen-bond donors (Lipinski definition) is 2. The molecule has 7 nitrogen and oxygen atoms in total. The largest absolute Gasteiger partial charge is 0.494 e. The van der Waals surface area contributed by atoms with Gasteiger partial charge in [0.2, 0.25) is 5.84 Å². The van der Waals surface area contributed by atoms with Crippen molar-refractivity contribution in [2.75, 3.05) is 24.7 Å². The Kier molecular flexibility index (Phi) is 6.78. The van der Waals surface area contributed by atoms with Crippen molar-refractivity contribution in [3.63, 3.8) is 0 Å². The Hall–Kier alpha value is -3.42. The van der Waals surface area contributed by atoms with Crippen LogP contribution >= 0.6 is 0 Å². The summed E-state index contributed by atoms with van der Waals surface area (Å²) in [7, 11) is 0. The van der Waals surface area contributed by atoms with Crippen molar-refractivity contribution in [2.45, 2.75) is 19.8 Å². The zero-order valence-electron chi connectivity index (χ0n) is 16.2. The highest BCUT2D eigenvalue weighted by Gasteiger charge is 2.25. The minimum Gasteiger partial charge on any atom is -0.494 e. The molecule has 0 radical (unpaired) electrons. The third-order valence-electron chi connectivity index (χ3n) is 4.29. The molecule has 29 heavy (non-hydrogen) atoms. The first-order valence-electron chi connectivity index (χ1n) is 9.40. The van der Waals surface area contributed by atoms with E-state index in [1.54, 1.807) is 12.1 Å². The van der Waals surface area contributed by atoms with E-state index >= 15 is 0 Å². The van der Waals surface area contributed by atoms with Crippen molar-refractivity contribution >= 4 is 23.3 Å². The second kappa shape index (κ2) is 9.68. The number of ether oxygens (including phenoxy) is 1. The van der Waals surface area contributed by atoms with Crippen LogP contribution in [-0.4, -0.2) is 37.3 Å². The lowest BCUT2D eigenvalue weighted by atomic mass is 10.2. The predicted octanol–water partition coefficient (Wildman–Crippen LogP) is 2.36. The average Bonchev–Trinajstić information content (AvgIpc) is 2.73. The number of anilines is 1. The summed E-state index contributed by atoms with van der Waals surface area (Å²) in [6.45, 7) is 2.79. The van der Waals surface area contributed by atoms with Crippen LogP contribution in [0.25, 0.3) is 0 Å². The van der Waals surface area contributed by atoms with Gasteiger partial charge >= 0.3 is 0 Å². The first kappa shape index (κ1) is 20.3. The molecule has 0 atom stereocenters. The van der Waals surface area contributed by atoms with Crippen LogP contribution in [0.3, 0.4) is 0 Å². The van der Waals surface area contributed by atoms with Gasteiger partial charge in [0, 0.05) is 6.54 Å². The molecule has 0 unspecified atom stereocenters. The van der Waals surface area contributed by atoms with Crippen LogP contribution in [0.2, 0.25) is 0 Å². The van der Waals surface area contributed by atoms with Gasteiger partial charge in [-0.15, -0.1) is 0 Å². The summed E-state index contributed by atoms with van der Waals surface area (Å²) in [6.07, 6.45) is 1.44. The molecule has 0 aromatic heterocycles. The molecular formula is C21H23FN4O3. The SMILES string of the molecule is Cc1ccc(N2NC(C(=O)NCCCCOc3ccc(F)cc3)=NCC2=O)cc1. The molecule has 152 valence electrons. The molecule has 1 aliphatic rings. The summed E-state index contributed by atoms with van der Waals surface area (Å²) in [5, 5.41) is 4.11. The molecule has 2 amide bonds. The summed E-state index contributed by atoms with van der Waals surface area (Å²) in [5.41, 5.74) is 4.51. The molecule has 0 spiro atoms. The second-order valence-electron chi connectivity index (χ2n) is 6.61. The highest BCUT2D eigenvalue weighted by Crippen LogP contribution is 2.15. The van der Waals surface area contributed by atoms with Gasteiger partial charge < -0.3 is 10.1 Å². The van der Waals surface area contributed by atoms with Crippen LogP contribution < -0.4 is 20.5 Å². The van der Waals surface area contributed by atoms with Crippen molar-refractivity contribution in [3.05, 3.63) is 59.9 Å². The maximum Gasteiger partial charge on any atom is 0.288 e. The number of aryl methyl sites for hydroxylation is 1. The number of aliphatic imine (C=N–C) groups is 1. The van der Waals surface area contributed by atoms with E-state index in [-0.39, 0.29) is 30.0 Å². The molecule has 2 aromatic carbocycles. The number of carbonyl (C=O) groups is 2. The lowest BCUT2D eigenvalue weighted by molar-refractivity contribution is -0.118. The number of hydrogen-bond acceptors (Lipinski definition) is 5. The molecular weight excluding hydrogens is 375 g/mol. The van der Waals surface area contributed by atoms with Gasteiger partial charge in [-0.2, -0.15) is 0 Å². The standard InChI is InChI=1S/C21H23FN4O3/c1-15-4-8-17(9-5-15)26-19(27)14-24-20(25-26)21(28)23-12-2-3-13-29-18-10-6-16(22)7-11-18/h4-11H,2-3,12-14H2,1H3,(H,23,28)(H,24,25). The van der Waals surface area contributed by atoms with Gasteiger partial charge in [0.1, 0.15) is 18.1 Å². The van der Waals surface area contributed by atoms with Crippen LogP contribution in [0.15, 0.2) is 53.5 Å². The molecule has 1 heterocycles. The molecule has 0 fully saturated rings. The van der Waals surface area contributed by atoms with E-state index in [1.807, 2.05) is 31.2 Å². The van der Waals surface area contributed by atoms with Gasteiger partial charge in [-0.05, 0) is 56.2 Å². The minimum absolute atomic E-state index is 0.0882. The second-order valence-corrected chi connectivity index (χ2v) is 6.61. The molecule has 8 heteroatoms. The predicted molar refractivity (Wildman–Crippen MR) is 108 cm³/mol. The van der Waals surface area contributed by atoms with E-state index in [0.29, 0.717) is 31.0 Å². The third kappa shape index (κ3) is 5.78. The summed E-state index contributed by atoms with van der Waals surface area (Å²) in [4.78, 5) is 28.4. The van der Waals surface area contributed by atoms with E-state index in [2.05, 4.69) is 15.7 Å². The zero-order valence-corrected chi connectivity index (χ0v) is 16.2. The summed E-state index contributed by atoms with van der Waals surface area (Å²) in [5.74, 6) is -0.191. The fourth-order valence-corrected chi connectivity index (χ4v) is 2.68. The molecule has 3 rings (SSSR count). The Bertz CT molecular complexity index is 882. The first-order valence-corrected chi connectivity index (χ1v) is 9.40. The van der Waals surface area contributed by atoms with Crippen LogP contribution in [-0.2, 0) is 9.59 Å². The van der Waals surface area contributed by atoms with Crippen molar-refractivity contribution < 1.29 is 18.7 Å². The number of amides is 2. The van der Waals surface area contributed by atoms with E-state index in [0.717, 1.165) is 12.0 Å². The topological polar surface area (TPSA) is 83.0 Å². The van der Waals surface area contributed by atoms with E-state index in [4.69, 9.17) is 4.74 Å². The van der Waals surface area contributed by atoms with Gasteiger partial charge in [-0.25, -0.2) is 9.40 Å². The Morgan fingerprint density at radius 2 is 1.90 bits per heavy atom. The number of halogens is 1. The molecule has 2 N–H and O–H groups in total. The Morgan fingerprint density at radius 1 is 1.17 bits per heavy atom. The molecule has 0 bridgehead atoms. The van der Waals surface area contributed by atoms with Crippen LogP contribution in [0.4, 0.5) is 10.1 Å². The third-order valence-corrected chi connectivity index (χ3v) is 4.29. The van der Waals surface area contributed by atoms with Gasteiger partial charge in [-0.3, -0.25) is 20.0 Å². The van der Waals surface area contributed by atoms with Crippen molar-refractivity contribution in [2.24, 2.45) is 4.99 Å². The maximum atomic E-state index is 12.8. The van der Waals surface area contributed by atoms with Gasteiger partial charge in [0.15, 0.2) is 0 Å². The van der Waals surface area contributed by atoms with Gasteiger partial charge in [0.25, 0.3) is 11.8 Å². The van der Waals surface area contributed by atoms with Crippen LogP contribution in [0, 0.1) is 12.7 Å². The number of carbonyl (C=O) groups excluding carboxylic acids is 2. The van der Waals surface area contributed by atoms with E-state index in [9.17, 15) is 14.0 Å². The number of amidine groups is 1. The zero-order chi connectivity index (χ0) is 20.6. The fourth-order valence-electron chi connectivity index (χ4n) is 2.68. The quantitative estimate of drug-likeness (QED) is 0.669. The van der Waals surface area contributed by atoms with E-state index in [1.165, 1.54) is 17.1 Å². The normalized spacial score (nSPS) is 13.5. The minimum atomic E-state index is -0.367. The van der Waals surface area contributed by atoms with Crippen molar-refractivity contribution in [1.29, 1.82) is 0 Å². The fraction of sp³-hybridized carbons (Fsp3) is 0.286. The molecule has 2 aromatic rings. The van der Waals surface area contributed by atoms with Crippen molar-refractivity contribution in [3.8, 4) is 5.75 Å². The lowest BCUT2D eigenvalue weighted by Crippen LogP contribution is -2.55. The molecule has 0 saturated carbocycles. The molecule has 1 aliphatic heterocycles. The molecule has 0 saturated heterocycles. The Labute approximate surface area is 168 Å². The Balaban J connectivity index is 1.40. The number of benzene rings is 2. The average molecular weight is 398 g/mol. The summed E-state index contributed by atoms with van der Waals surface area (Å²) in [6, 6.07) is 13.2. The summed E-state index contributed by atoms with van der Waals surface area (Å²) < 4.78 is 18.3. The van der Waals surface area contributed by atoms with Crippen LogP contribution in [0.5, 0.6) is 5.75 Å². The monoisotopic (exact) mass is 398 g/mol. The number of nitrogens with one attached hydrogen (secondary N) is 2. The van der Waals surface area contributed by atoms with E-state index < -0.39 is 0 Å². The number of nitrogens with zero attached hydrogens (tertiary/aromatic N) is 2. The smallest absolute Gasteiger partial charge is 0.288 e. The summed E-state index contributed by atoms with van der Waals surface area (Å²) >= 11 is 0. The van der Waals surface area contributed by atoms with Crippen LogP contribution in [0.1, 0.15) is 18.4 Å². The first-order chi connectivity index (χ1) is 14.0. The molecule has 0 aliphatic carbocycles. The van der Waals surface area contributed by atoms with Gasteiger partial charge in [-0.1, -0.05) is 17.7 Å². The van der Waals surface area contributed by atoms with Gasteiger partial charge in [0.05, 0.1) is 12.3 Å². The highest BCUT2D eigenvalue weighted by molar-refractivity contribution is 6.39. The number of rotatable bonds is 8. The number of unbranched alkanes of at least 4 members (excludes halogenated alkanes) is 1. The van der Waals surface area contributed by atoms with Crippen molar-refractivity contribution in [1.82, 2.24) is 10.7 Å². The lowest BCUT2D eigenvalue weighted by Gasteiger charge is -2.27. The Morgan fingerprint density at radius 3 is 2.62 bits per heavy atom. The maximum absolute atomic E-state index is 12.8.